The maximum absolute atomic E-state index is 12.9. The van der Waals surface area contributed by atoms with Crippen LogP contribution in [0.4, 0.5) is 0 Å². The molecule has 1 unspecified atom stereocenters. The van der Waals surface area contributed by atoms with E-state index in [1.54, 1.807) is 6.20 Å². The van der Waals surface area contributed by atoms with Gasteiger partial charge >= 0.3 is 0 Å². The van der Waals surface area contributed by atoms with Crippen molar-refractivity contribution in [3.8, 4) is 11.3 Å². The van der Waals surface area contributed by atoms with E-state index in [4.69, 9.17) is 9.40 Å². The number of hydrogen-bond donors (Lipinski definition) is 1. The number of nitrogens with zero attached hydrogens (tertiary/aromatic N) is 3. The second-order valence-electron chi connectivity index (χ2n) is 7.08. The van der Waals surface area contributed by atoms with Crippen molar-refractivity contribution in [3.05, 3.63) is 35.4 Å². The van der Waals surface area contributed by atoms with Gasteiger partial charge in [-0.2, -0.15) is 5.10 Å². The molecular formula is C20H26N4O2. The van der Waals surface area contributed by atoms with Crippen molar-refractivity contribution in [1.29, 1.82) is 0 Å². The molecule has 1 amide bonds. The Balaban J connectivity index is 2.22. The standard InChI is InChI=1S/C20H26N4O2/c1-7-12(4)22-20(25)16-9-18(15-8-13(5)26-14(15)6)23-19-17(16)10-21-24(19)11(2)3/h8-12H,7H2,1-6H3,(H,22,25). The van der Waals surface area contributed by atoms with Crippen LogP contribution in [0.25, 0.3) is 22.3 Å². The third kappa shape index (κ3) is 3.23. The van der Waals surface area contributed by atoms with E-state index in [1.165, 1.54) is 0 Å². The van der Waals surface area contributed by atoms with Crippen molar-refractivity contribution in [2.24, 2.45) is 0 Å². The molecule has 138 valence electrons. The number of fused-ring (bicyclic) bond motifs is 1. The van der Waals surface area contributed by atoms with Crippen molar-refractivity contribution in [2.45, 2.75) is 60.0 Å². The van der Waals surface area contributed by atoms with E-state index in [-0.39, 0.29) is 18.0 Å². The average molecular weight is 354 g/mol. The summed E-state index contributed by atoms with van der Waals surface area (Å²) in [6, 6.07) is 4.04. The van der Waals surface area contributed by atoms with Gasteiger partial charge in [-0.25, -0.2) is 9.67 Å². The highest BCUT2D eigenvalue weighted by Crippen LogP contribution is 2.30. The molecule has 3 heterocycles. The summed E-state index contributed by atoms with van der Waals surface area (Å²) in [5.74, 6) is 1.51. The van der Waals surface area contributed by atoms with Crippen LogP contribution in [0.3, 0.4) is 0 Å². The van der Waals surface area contributed by atoms with E-state index in [1.807, 2.05) is 58.4 Å². The van der Waals surface area contributed by atoms with Crippen LogP contribution in [0, 0.1) is 13.8 Å². The molecule has 0 radical (unpaired) electrons. The van der Waals surface area contributed by atoms with Crippen LogP contribution in [0.1, 0.15) is 62.0 Å². The molecule has 0 bridgehead atoms. The summed E-state index contributed by atoms with van der Waals surface area (Å²) in [7, 11) is 0. The van der Waals surface area contributed by atoms with Gasteiger partial charge in [0.2, 0.25) is 0 Å². The third-order valence-corrected chi connectivity index (χ3v) is 4.61. The molecule has 3 rings (SSSR count). The molecule has 0 saturated heterocycles. The minimum atomic E-state index is -0.103. The lowest BCUT2D eigenvalue weighted by Crippen LogP contribution is -2.32. The van der Waals surface area contributed by atoms with Gasteiger partial charge in [0.05, 0.1) is 22.8 Å². The topological polar surface area (TPSA) is 73.0 Å². The zero-order valence-corrected chi connectivity index (χ0v) is 16.3. The molecule has 1 atom stereocenters. The molecule has 0 aliphatic heterocycles. The summed E-state index contributed by atoms with van der Waals surface area (Å²) in [5, 5.41) is 8.26. The lowest BCUT2D eigenvalue weighted by atomic mass is 10.1. The Morgan fingerprint density at radius 3 is 2.58 bits per heavy atom. The lowest BCUT2D eigenvalue weighted by Gasteiger charge is -2.13. The monoisotopic (exact) mass is 354 g/mol. The molecule has 3 aromatic rings. The Bertz CT molecular complexity index is 952. The Morgan fingerprint density at radius 2 is 2.00 bits per heavy atom. The van der Waals surface area contributed by atoms with Gasteiger partial charge in [0.15, 0.2) is 5.65 Å². The van der Waals surface area contributed by atoms with E-state index in [0.29, 0.717) is 11.2 Å². The van der Waals surface area contributed by atoms with E-state index in [2.05, 4.69) is 10.4 Å². The van der Waals surface area contributed by atoms with E-state index in [9.17, 15) is 4.79 Å². The molecule has 0 spiro atoms. The number of aryl methyl sites for hydroxylation is 2. The van der Waals surface area contributed by atoms with Crippen LogP contribution in [0.15, 0.2) is 22.7 Å². The fourth-order valence-electron chi connectivity index (χ4n) is 3.01. The van der Waals surface area contributed by atoms with Crippen molar-refractivity contribution in [2.75, 3.05) is 0 Å². The number of aromatic nitrogens is 3. The second kappa shape index (κ2) is 6.94. The van der Waals surface area contributed by atoms with E-state index in [0.717, 1.165) is 34.6 Å². The molecular weight excluding hydrogens is 328 g/mol. The molecule has 0 aromatic carbocycles. The summed E-state index contributed by atoms with van der Waals surface area (Å²) >= 11 is 0. The summed E-state index contributed by atoms with van der Waals surface area (Å²) in [6.07, 6.45) is 2.60. The molecule has 3 aromatic heterocycles. The van der Waals surface area contributed by atoms with Gasteiger partial charge in [0.25, 0.3) is 5.91 Å². The first kappa shape index (κ1) is 18.2. The molecule has 6 nitrogen and oxygen atoms in total. The minimum Gasteiger partial charge on any atom is -0.466 e. The number of furan rings is 1. The van der Waals surface area contributed by atoms with Gasteiger partial charge in [-0.1, -0.05) is 6.92 Å². The molecule has 0 aliphatic rings. The quantitative estimate of drug-likeness (QED) is 0.736. The number of rotatable bonds is 5. The number of hydrogen-bond acceptors (Lipinski definition) is 4. The molecule has 1 N–H and O–H groups in total. The number of amides is 1. The highest BCUT2D eigenvalue weighted by molar-refractivity contribution is 6.06. The van der Waals surface area contributed by atoms with Gasteiger partial charge in [-0.15, -0.1) is 0 Å². The third-order valence-electron chi connectivity index (χ3n) is 4.61. The normalized spacial score (nSPS) is 12.7. The second-order valence-corrected chi connectivity index (χ2v) is 7.08. The van der Waals surface area contributed by atoms with Gasteiger partial charge in [0.1, 0.15) is 11.5 Å². The summed E-state index contributed by atoms with van der Waals surface area (Å²) in [6.45, 7) is 12.0. The van der Waals surface area contributed by atoms with Crippen LogP contribution in [-0.4, -0.2) is 26.7 Å². The zero-order valence-electron chi connectivity index (χ0n) is 16.3. The minimum absolute atomic E-state index is 0.103. The predicted molar refractivity (Wildman–Crippen MR) is 102 cm³/mol. The molecule has 0 aliphatic carbocycles. The van der Waals surface area contributed by atoms with Crippen LogP contribution in [0.5, 0.6) is 0 Å². The first-order valence-electron chi connectivity index (χ1n) is 9.08. The highest BCUT2D eigenvalue weighted by atomic mass is 16.3. The summed E-state index contributed by atoms with van der Waals surface area (Å²) in [5.41, 5.74) is 2.93. The predicted octanol–water partition coefficient (Wildman–Crippen LogP) is 4.42. The first-order chi connectivity index (χ1) is 12.3. The molecule has 26 heavy (non-hydrogen) atoms. The molecule has 6 heteroatoms. The fourth-order valence-corrected chi connectivity index (χ4v) is 3.01. The number of nitrogens with one attached hydrogen (secondary N) is 1. The largest absolute Gasteiger partial charge is 0.466 e. The van der Waals surface area contributed by atoms with Gasteiger partial charge in [0, 0.05) is 17.6 Å². The van der Waals surface area contributed by atoms with Gasteiger partial charge in [-0.05, 0) is 53.2 Å². The average Bonchev–Trinajstić information content (AvgIpc) is 3.16. The Hall–Kier alpha value is -2.63. The lowest BCUT2D eigenvalue weighted by molar-refractivity contribution is 0.0941. The Kier molecular flexibility index (Phi) is 4.85. The first-order valence-corrected chi connectivity index (χ1v) is 9.08. The van der Waals surface area contributed by atoms with Crippen LogP contribution in [-0.2, 0) is 0 Å². The van der Waals surface area contributed by atoms with Crippen LogP contribution in [0.2, 0.25) is 0 Å². The van der Waals surface area contributed by atoms with Crippen molar-refractivity contribution < 1.29 is 9.21 Å². The SMILES string of the molecule is CCC(C)NC(=O)c1cc(-c2cc(C)oc2C)nc2c1cnn2C(C)C. The van der Waals surface area contributed by atoms with E-state index >= 15 is 0 Å². The summed E-state index contributed by atoms with van der Waals surface area (Å²) < 4.78 is 7.51. The fraction of sp³-hybridized carbons (Fsp3) is 0.450. The van der Waals surface area contributed by atoms with E-state index < -0.39 is 0 Å². The van der Waals surface area contributed by atoms with Gasteiger partial charge < -0.3 is 9.73 Å². The number of carbonyl (C=O) groups is 1. The van der Waals surface area contributed by atoms with Crippen LogP contribution >= 0.6 is 0 Å². The number of pyridine rings is 1. The highest BCUT2D eigenvalue weighted by Gasteiger charge is 2.20. The summed E-state index contributed by atoms with van der Waals surface area (Å²) in [4.78, 5) is 17.7. The van der Waals surface area contributed by atoms with Crippen molar-refractivity contribution in [1.82, 2.24) is 20.1 Å². The van der Waals surface area contributed by atoms with Crippen LogP contribution < -0.4 is 5.32 Å². The van der Waals surface area contributed by atoms with Gasteiger partial charge in [-0.3, -0.25) is 4.79 Å². The van der Waals surface area contributed by atoms with Crippen molar-refractivity contribution >= 4 is 16.9 Å². The smallest absolute Gasteiger partial charge is 0.252 e. The van der Waals surface area contributed by atoms with Crippen molar-refractivity contribution in [3.63, 3.8) is 0 Å². The zero-order chi connectivity index (χ0) is 19.0. The maximum atomic E-state index is 12.9. The molecule has 0 saturated carbocycles. The maximum Gasteiger partial charge on any atom is 0.252 e. The Morgan fingerprint density at radius 1 is 1.27 bits per heavy atom. The number of carbonyl (C=O) groups excluding carboxylic acids is 1. The Labute approximate surface area is 153 Å². The molecule has 0 fully saturated rings.